The summed E-state index contributed by atoms with van der Waals surface area (Å²) in [5.74, 6) is 0. The Morgan fingerprint density at radius 3 is 1.44 bits per heavy atom. The zero-order chi connectivity index (χ0) is 46.7. The van der Waals surface area contributed by atoms with Crippen LogP contribution in [0.25, 0.3) is 113 Å². The van der Waals surface area contributed by atoms with Crippen LogP contribution < -0.4 is 16.4 Å². The van der Waals surface area contributed by atoms with Crippen molar-refractivity contribution >= 4 is 166 Å². The third-order valence-corrected chi connectivity index (χ3v) is 19.1. The number of nitrogens with zero attached hydrogens (tertiary/aromatic N) is 1. The summed E-state index contributed by atoms with van der Waals surface area (Å²) in [6.07, 6.45) is 0. The Kier molecular flexibility index (Phi) is 7.72. The van der Waals surface area contributed by atoms with Crippen molar-refractivity contribution in [3.63, 3.8) is 0 Å². The van der Waals surface area contributed by atoms with E-state index in [1.54, 1.807) is 0 Å². The lowest BCUT2D eigenvalue weighted by atomic mass is 9.36. The van der Waals surface area contributed by atoms with Crippen LogP contribution in [0, 0.1) is 0 Å². The summed E-state index contributed by atoms with van der Waals surface area (Å²) >= 11 is 5.66. The van der Waals surface area contributed by atoms with E-state index in [-0.39, 0.29) is 17.5 Å². The molecular formula is C62H42BNO3S3. The summed E-state index contributed by atoms with van der Waals surface area (Å²) in [4.78, 5) is 4.82. The highest BCUT2D eigenvalue weighted by atomic mass is 32.2. The first-order chi connectivity index (χ1) is 34.0. The fraction of sp³-hybridized carbons (Fsp3) is 0.129. The van der Waals surface area contributed by atoms with Crippen molar-refractivity contribution in [2.45, 2.75) is 72.0 Å². The Bertz CT molecular complexity index is 4410. The number of furan rings is 3. The standard InChI is InChI=1S/C62H42BNO3S3/c1-61(2,3)31-23-25-40-38(27-31)39-28-32(62(4,5)6)24-26-41(39)64(40)33-29-46-52-47(30-33)70-60-54(56-50(36-17-9-12-20-43(36)66-56)51-37-18-10-14-22-45(37)68-58(51)60)63(52)53-55-48(34-15-7-11-19-42(34)65-55)49-35-16-8-13-21-44(35)67-57(49)59(53)69-46/h7-30H,1-6H3. The van der Waals surface area contributed by atoms with Gasteiger partial charge in [-0.25, -0.2) is 0 Å². The number of para-hydroxylation sites is 3. The highest BCUT2D eigenvalue weighted by Crippen LogP contribution is 2.53. The Morgan fingerprint density at radius 2 is 0.886 bits per heavy atom. The van der Waals surface area contributed by atoms with E-state index in [1.807, 2.05) is 34.9 Å². The minimum atomic E-state index is -0.230. The molecular weight excluding hydrogens is 914 g/mol. The Labute approximate surface area is 415 Å². The van der Waals surface area contributed by atoms with Gasteiger partial charge in [-0.3, -0.25) is 0 Å². The predicted octanol–water partition coefficient (Wildman–Crippen LogP) is 16.9. The molecule has 7 heterocycles. The third-order valence-electron chi connectivity index (χ3n) is 15.4. The second kappa shape index (κ2) is 13.5. The van der Waals surface area contributed by atoms with Crippen LogP contribution >= 0.6 is 34.9 Å². The molecule has 0 N–H and O–H groups in total. The Balaban J connectivity index is 1.08. The predicted molar refractivity (Wildman–Crippen MR) is 299 cm³/mol. The average molecular weight is 956 g/mol. The number of hydrogen-bond donors (Lipinski definition) is 0. The van der Waals surface area contributed by atoms with E-state index in [2.05, 4.69) is 192 Å². The lowest BCUT2D eigenvalue weighted by molar-refractivity contribution is 0.590. The molecule has 0 unspecified atom stereocenters. The first kappa shape index (κ1) is 40.0. The molecule has 2 aliphatic rings. The quantitative estimate of drug-likeness (QED) is 0.153. The van der Waals surface area contributed by atoms with Crippen molar-refractivity contribution < 1.29 is 13.3 Å². The van der Waals surface area contributed by atoms with Crippen LogP contribution in [0.1, 0.15) is 52.7 Å². The fourth-order valence-electron chi connectivity index (χ4n) is 12.1. The molecule has 0 saturated heterocycles. The van der Waals surface area contributed by atoms with Crippen LogP contribution in [0.4, 0.5) is 0 Å². The van der Waals surface area contributed by atoms with Crippen molar-refractivity contribution in [1.82, 2.24) is 4.57 Å². The van der Waals surface area contributed by atoms with Crippen LogP contribution in [-0.2, 0) is 10.8 Å². The maximum absolute atomic E-state index is 7.28. The van der Waals surface area contributed by atoms with E-state index < -0.39 is 0 Å². The summed E-state index contributed by atoms with van der Waals surface area (Å²) in [6, 6.07) is 53.8. The van der Waals surface area contributed by atoms with Crippen molar-refractivity contribution in [1.29, 1.82) is 0 Å². The van der Waals surface area contributed by atoms with Crippen molar-refractivity contribution in [2.75, 3.05) is 0 Å². The van der Waals surface area contributed by atoms with Crippen LogP contribution in [0.3, 0.4) is 0 Å². The maximum Gasteiger partial charge on any atom is 0.257 e. The first-order valence-electron chi connectivity index (χ1n) is 24.2. The normalized spacial score (nSPS) is 14.0. The second-order valence-corrected chi connectivity index (χ2v) is 24.6. The van der Waals surface area contributed by atoms with E-state index >= 15 is 0 Å². The molecule has 4 nitrogen and oxygen atoms in total. The van der Waals surface area contributed by atoms with Gasteiger partial charge in [0, 0.05) is 83.6 Å². The number of hydrogen-bond acceptors (Lipinski definition) is 6. The van der Waals surface area contributed by atoms with Crippen LogP contribution in [-0.4, -0.2) is 11.3 Å². The van der Waals surface area contributed by atoms with E-state index in [4.69, 9.17) is 13.3 Å². The molecule has 0 radical (unpaired) electrons. The zero-order valence-corrected chi connectivity index (χ0v) is 41.8. The monoisotopic (exact) mass is 955 g/mol. The van der Waals surface area contributed by atoms with Gasteiger partial charge in [0.25, 0.3) is 6.71 Å². The summed E-state index contributed by atoms with van der Waals surface area (Å²) in [5, 5.41) is 11.8. The van der Waals surface area contributed by atoms with Gasteiger partial charge in [0.2, 0.25) is 0 Å². The van der Waals surface area contributed by atoms with Crippen molar-refractivity contribution in [3.8, 4) is 5.69 Å². The molecule has 0 spiro atoms. The van der Waals surface area contributed by atoms with Crippen LogP contribution in [0.5, 0.6) is 0 Å². The SMILES string of the molecule is CC(C)(C)c1ccc2c(c1)c1cc(C(C)(C)C)ccc1n2-c1cc2c3c(c1)Sc1c(c4oc5ccccc5c4c4c1sc1ccccc14)B3c1c(c3oc4ccccc4c3c3c1oc1ccccc13)S2. The number of thiophene rings is 1. The largest absolute Gasteiger partial charge is 0.457 e. The molecule has 8 heteroatoms. The molecule has 0 amide bonds. The van der Waals surface area contributed by atoms with Gasteiger partial charge in [-0.1, -0.05) is 150 Å². The van der Waals surface area contributed by atoms with E-state index in [0.29, 0.717) is 0 Å². The molecule has 0 bridgehead atoms. The minimum Gasteiger partial charge on any atom is -0.457 e. The zero-order valence-electron chi connectivity index (χ0n) is 39.3. The Morgan fingerprint density at radius 1 is 0.429 bits per heavy atom. The first-order valence-corrected chi connectivity index (χ1v) is 26.6. The van der Waals surface area contributed by atoms with Crippen LogP contribution in [0.2, 0.25) is 0 Å². The molecule has 0 aliphatic carbocycles. The highest BCUT2D eigenvalue weighted by Gasteiger charge is 2.46. The smallest absolute Gasteiger partial charge is 0.257 e. The van der Waals surface area contributed by atoms with Gasteiger partial charge in [0.1, 0.15) is 33.5 Å². The lowest BCUT2D eigenvalue weighted by Gasteiger charge is -2.33. The molecule has 14 aromatic rings. The molecule has 70 heavy (non-hydrogen) atoms. The highest BCUT2D eigenvalue weighted by molar-refractivity contribution is 8.01. The summed E-state index contributed by atoms with van der Waals surface area (Å²) < 4.78 is 26.8. The maximum atomic E-state index is 7.28. The van der Waals surface area contributed by atoms with E-state index in [1.165, 1.54) is 84.1 Å². The number of rotatable bonds is 1. The Hall–Kier alpha value is -6.84. The molecule has 0 saturated carbocycles. The van der Waals surface area contributed by atoms with Crippen LogP contribution in [0.15, 0.2) is 178 Å². The van der Waals surface area contributed by atoms with Gasteiger partial charge in [-0.15, -0.1) is 11.3 Å². The van der Waals surface area contributed by atoms with Gasteiger partial charge >= 0.3 is 0 Å². The lowest BCUT2D eigenvalue weighted by Crippen LogP contribution is -2.58. The van der Waals surface area contributed by atoms with Gasteiger partial charge in [-0.05, 0) is 99.0 Å². The third kappa shape index (κ3) is 5.16. The second-order valence-electron chi connectivity index (χ2n) is 21.5. The molecule has 9 aromatic carbocycles. The number of fused-ring (bicyclic) bond motifs is 25. The van der Waals surface area contributed by atoms with Gasteiger partial charge < -0.3 is 17.8 Å². The molecule has 2 aliphatic heterocycles. The molecule has 0 atom stereocenters. The van der Waals surface area contributed by atoms with Crippen molar-refractivity contribution in [3.05, 3.63) is 157 Å². The topological polar surface area (TPSA) is 44.4 Å². The molecule has 334 valence electrons. The average Bonchev–Trinajstić information content (AvgIpc) is 4.18. The molecule has 0 fully saturated rings. The van der Waals surface area contributed by atoms with Gasteiger partial charge in [0.15, 0.2) is 0 Å². The summed E-state index contributed by atoms with van der Waals surface area (Å²) in [6.45, 7) is 13.6. The number of benzene rings is 9. The summed E-state index contributed by atoms with van der Waals surface area (Å²) in [5.41, 5.74) is 15.3. The fourth-order valence-corrected chi connectivity index (χ4v) is 16.1. The summed E-state index contributed by atoms with van der Waals surface area (Å²) in [7, 11) is 0. The van der Waals surface area contributed by atoms with E-state index in [0.717, 1.165) is 76.5 Å². The van der Waals surface area contributed by atoms with Crippen molar-refractivity contribution in [2.24, 2.45) is 0 Å². The van der Waals surface area contributed by atoms with Gasteiger partial charge in [-0.2, -0.15) is 0 Å². The molecule has 5 aromatic heterocycles. The number of aromatic nitrogens is 1. The van der Waals surface area contributed by atoms with E-state index in [9.17, 15) is 0 Å². The van der Waals surface area contributed by atoms with Gasteiger partial charge in [0.05, 0.1) is 15.9 Å². The minimum absolute atomic E-state index is 0.000243. The molecule has 16 rings (SSSR count).